The topological polar surface area (TPSA) is 29.5 Å². The first-order valence-electron chi connectivity index (χ1n) is 3.44. The van der Waals surface area contributed by atoms with Crippen LogP contribution in [-0.4, -0.2) is 24.4 Å². The lowest BCUT2D eigenvalue weighted by Crippen LogP contribution is -2.21. The van der Waals surface area contributed by atoms with E-state index in [2.05, 4.69) is 0 Å². The summed E-state index contributed by atoms with van der Waals surface area (Å²) in [6, 6.07) is 0. The second kappa shape index (κ2) is 4.77. The number of hydrogen-bond acceptors (Lipinski definition) is 2. The van der Waals surface area contributed by atoms with Gasteiger partial charge in [-0.3, -0.25) is 0 Å². The molecule has 0 aromatic carbocycles. The van der Waals surface area contributed by atoms with Crippen LogP contribution in [0.5, 0.6) is 0 Å². The molecule has 0 aromatic heterocycles. The zero-order valence-corrected chi connectivity index (χ0v) is 6.42. The summed E-state index contributed by atoms with van der Waals surface area (Å²) in [5, 5.41) is 9.13. The average molecular weight is 132 g/mol. The van der Waals surface area contributed by atoms with Gasteiger partial charge in [-0.1, -0.05) is 13.8 Å². The third-order valence-electron chi connectivity index (χ3n) is 1.26. The molecule has 0 heterocycles. The van der Waals surface area contributed by atoms with Gasteiger partial charge >= 0.3 is 0 Å². The summed E-state index contributed by atoms with van der Waals surface area (Å²) < 4.78 is 5.01. The number of aliphatic hydroxyl groups excluding tert-OH is 1. The van der Waals surface area contributed by atoms with Crippen LogP contribution in [0, 0.1) is 5.92 Å². The zero-order chi connectivity index (χ0) is 7.28. The molecule has 0 spiro atoms. The van der Waals surface area contributed by atoms with Crippen molar-refractivity contribution in [2.45, 2.75) is 26.9 Å². The van der Waals surface area contributed by atoms with Gasteiger partial charge in [-0.2, -0.15) is 0 Å². The van der Waals surface area contributed by atoms with E-state index in [1.807, 2.05) is 20.8 Å². The molecule has 0 amide bonds. The van der Waals surface area contributed by atoms with Crippen molar-refractivity contribution in [2.24, 2.45) is 5.92 Å². The van der Waals surface area contributed by atoms with E-state index in [0.717, 1.165) is 0 Å². The van der Waals surface area contributed by atoms with Gasteiger partial charge in [0.05, 0.1) is 12.7 Å². The maximum absolute atomic E-state index is 9.13. The molecular weight excluding hydrogens is 116 g/mol. The standard InChI is InChI=1S/C7H16O2/c1-4-9-5-7(8)6(2)3/h6-8H,4-5H2,1-3H3. The van der Waals surface area contributed by atoms with Crippen molar-refractivity contribution in [1.82, 2.24) is 0 Å². The predicted molar refractivity (Wildman–Crippen MR) is 37.3 cm³/mol. The molecule has 56 valence electrons. The average Bonchev–Trinajstić information content (AvgIpc) is 1.82. The van der Waals surface area contributed by atoms with Crippen molar-refractivity contribution in [3.8, 4) is 0 Å². The molecule has 0 rings (SSSR count). The van der Waals surface area contributed by atoms with Gasteiger partial charge in [-0.25, -0.2) is 0 Å². The fraction of sp³-hybridized carbons (Fsp3) is 1.00. The summed E-state index contributed by atoms with van der Waals surface area (Å²) in [6.45, 7) is 7.03. The molecule has 9 heavy (non-hydrogen) atoms. The van der Waals surface area contributed by atoms with Gasteiger partial charge in [0.15, 0.2) is 0 Å². The van der Waals surface area contributed by atoms with Crippen LogP contribution in [0.4, 0.5) is 0 Å². The maximum atomic E-state index is 9.13. The summed E-state index contributed by atoms with van der Waals surface area (Å²) >= 11 is 0. The van der Waals surface area contributed by atoms with E-state index in [1.54, 1.807) is 0 Å². The van der Waals surface area contributed by atoms with Crippen LogP contribution >= 0.6 is 0 Å². The second-order valence-corrected chi connectivity index (χ2v) is 2.47. The van der Waals surface area contributed by atoms with Crippen molar-refractivity contribution in [3.05, 3.63) is 0 Å². The van der Waals surface area contributed by atoms with E-state index in [1.165, 1.54) is 0 Å². The first kappa shape index (κ1) is 8.92. The van der Waals surface area contributed by atoms with Gasteiger partial charge in [-0.15, -0.1) is 0 Å². The largest absolute Gasteiger partial charge is 0.390 e. The Labute approximate surface area is 56.8 Å². The molecule has 2 heteroatoms. The van der Waals surface area contributed by atoms with Crippen molar-refractivity contribution in [2.75, 3.05) is 13.2 Å². The Bertz CT molecular complexity index is 61.9. The van der Waals surface area contributed by atoms with Gasteiger partial charge in [0, 0.05) is 6.61 Å². The van der Waals surface area contributed by atoms with Crippen LogP contribution in [0.2, 0.25) is 0 Å². The molecule has 0 fully saturated rings. The minimum atomic E-state index is -0.301. The van der Waals surface area contributed by atoms with E-state index in [4.69, 9.17) is 9.84 Å². The molecule has 0 aliphatic rings. The first-order valence-corrected chi connectivity index (χ1v) is 3.44. The van der Waals surface area contributed by atoms with Crippen molar-refractivity contribution in [1.29, 1.82) is 0 Å². The summed E-state index contributed by atoms with van der Waals surface area (Å²) in [6.07, 6.45) is -0.301. The SMILES string of the molecule is CCOCC(O)C(C)C. The highest BCUT2D eigenvalue weighted by Crippen LogP contribution is 2.00. The minimum Gasteiger partial charge on any atom is -0.390 e. The lowest BCUT2D eigenvalue weighted by Gasteiger charge is -2.12. The number of rotatable bonds is 4. The Morgan fingerprint density at radius 3 is 2.33 bits per heavy atom. The number of aliphatic hydroxyl groups is 1. The monoisotopic (exact) mass is 132 g/mol. The molecule has 0 saturated heterocycles. The van der Waals surface area contributed by atoms with Gasteiger partial charge in [0.1, 0.15) is 0 Å². The van der Waals surface area contributed by atoms with E-state index in [9.17, 15) is 0 Å². The molecule has 1 atom stereocenters. The van der Waals surface area contributed by atoms with Crippen molar-refractivity contribution < 1.29 is 9.84 Å². The molecule has 0 radical (unpaired) electrons. The fourth-order valence-corrected chi connectivity index (χ4v) is 0.431. The Kier molecular flexibility index (Phi) is 4.72. The van der Waals surface area contributed by atoms with Crippen molar-refractivity contribution in [3.63, 3.8) is 0 Å². The summed E-state index contributed by atoms with van der Waals surface area (Å²) in [5.74, 6) is 0.302. The van der Waals surface area contributed by atoms with Crippen molar-refractivity contribution >= 4 is 0 Å². The van der Waals surface area contributed by atoms with Crippen LogP contribution in [0.25, 0.3) is 0 Å². The van der Waals surface area contributed by atoms with E-state index >= 15 is 0 Å². The Hall–Kier alpha value is -0.0800. The Morgan fingerprint density at radius 1 is 1.44 bits per heavy atom. The number of hydrogen-bond donors (Lipinski definition) is 1. The molecule has 0 saturated carbocycles. The third kappa shape index (κ3) is 4.43. The first-order chi connectivity index (χ1) is 4.18. The predicted octanol–water partition coefficient (Wildman–Crippen LogP) is 1.04. The molecule has 1 N–H and O–H groups in total. The molecule has 0 aliphatic heterocycles. The highest BCUT2D eigenvalue weighted by molar-refractivity contribution is 4.56. The quantitative estimate of drug-likeness (QED) is 0.619. The van der Waals surface area contributed by atoms with E-state index in [-0.39, 0.29) is 6.10 Å². The normalized spacial score (nSPS) is 14.3. The van der Waals surface area contributed by atoms with Crippen LogP contribution in [-0.2, 0) is 4.74 Å². The Balaban J connectivity index is 3.16. The van der Waals surface area contributed by atoms with Crippen LogP contribution in [0.3, 0.4) is 0 Å². The fourth-order valence-electron chi connectivity index (χ4n) is 0.431. The molecule has 0 bridgehead atoms. The number of ether oxygens (including phenoxy) is 1. The summed E-state index contributed by atoms with van der Waals surface area (Å²) in [7, 11) is 0. The Morgan fingerprint density at radius 2 is 2.00 bits per heavy atom. The van der Waals surface area contributed by atoms with E-state index in [0.29, 0.717) is 19.1 Å². The van der Waals surface area contributed by atoms with Crippen LogP contribution < -0.4 is 0 Å². The highest BCUT2D eigenvalue weighted by atomic mass is 16.5. The van der Waals surface area contributed by atoms with Gasteiger partial charge in [0.25, 0.3) is 0 Å². The molecule has 0 aromatic rings. The second-order valence-electron chi connectivity index (χ2n) is 2.47. The molecule has 2 nitrogen and oxygen atoms in total. The van der Waals surface area contributed by atoms with Crippen LogP contribution in [0.15, 0.2) is 0 Å². The third-order valence-corrected chi connectivity index (χ3v) is 1.26. The van der Waals surface area contributed by atoms with Gasteiger partial charge in [0.2, 0.25) is 0 Å². The summed E-state index contributed by atoms with van der Waals surface area (Å²) in [4.78, 5) is 0. The lowest BCUT2D eigenvalue weighted by molar-refractivity contribution is 0.0179. The zero-order valence-electron chi connectivity index (χ0n) is 6.42. The summed E-state index contributed by atoms with van der Waals surface area (Å²) in [5.41, 5.74) is 0. The highest BCUT2D eigenvalue weighted by Gasteiger charge is 2.07. The smallest absolute Gasteiger partial charge is 0.0796 e. The minimum absolute atomic E-state index is 0.301. The molecular formula is C7H16O2. The lowest BCUT2D eigenvalue weighted by atomic mass is 10.1. The van der Waals surface area contributed by atoms with Crippen LogP contribution in [0.1, 0.15) is 20.8 Å². The molecule has 0 aliphatic carbocycles. The van der Waals surface area contributed by atoms with Gasteiger partial charge < -0.3 is 9.84 Å². The van der Waals surface area contributed by atoms with E-state index < -0.39 is 0 Å². The molecule has 1 unspecified atom stereocenters. The maximum Gasteiger partial charge on any atom is 0.0796 e. The van der Waals surface area contributed by atoms with Gasteiger partial charge in [-0.05, 0) is 12.8 Å².